The summed E-state index contributed by atoms with van der Waals surface area (Å²) in [6.07, 6.45) is -4.33. The lowest BCUT2D eigenvalue weighted by molar-refractivity contribution is -0.249. The van der Waals surface area contributed by atoms with E-state index in [1.165, 1.54) is 11.3 Å². The van der Waals surface area contributed by atoms with Gasteiger partial charge in [-0.15, -0.1) is 11.3 Å². The van der Waals surface area contributed by atoms with Crippen molar-refractivity contribution in [2.45, 2.75) is 38.8 Å². The monoisotopic (exact) mass is 396 g/mol. The maximum Gasteiger partial charge on any atom is 0.459 e. The molecule has 2 heterocycles. The molecule has 0 bridgehead atoms. The average molecular weight is 396 g/mol. The Bertz CT molecular complexity index is 720. The van der Waals surface area contributed by atoms with Crippen molar-refractivity contribution in [1.82, 2.24) is 0 Å². The molecule has 2 rings (SSSR count). The van der Waals surface area contributed by atoms with Crippen molar-refractivity contribution in [1.29, 1.82) is 0 Å². The summed E-state index contributed by atoms with van der Waals surface area (Å²) in [6.45, 7) is 5.69. The number of alkyl halides is 5. The summed E-state index contributed by atoms with van der Waals surface area (Å²) >= 11 is 1.51. The Labute approximate surface area is 150 Å². The average Bonchev–Trinajstić information content (AvgIpc) is 3.16. The lowest BCUT2D eigenvalue weighted by Crippen LogP contribution is -2.44. The van der Waals surface area contributed by atoms with Crippen LogP contribution in [0.1, 0.15) is 25.1 Å². The number of hydrogen-bond donors (Lipinski definition) is 0. The van der Waals surface area contributed by atoms with E-state index >= 15 is 0 Å². The largest absolute Gasteiger partial charge is 0.459 e. The topological polar surface area (TPSA) is 41.9 Å². The van der Waals surface area contributed by atoms with Gasteiger partial charge in [-0.25, -0.2) is 4.79 Å². The van der Waals surface area contributed by atoms with Crippen LogP contribution in [0, 0.1) is 0 Å². The maximum atomic E-state index is 13.4. The molecule has 1 aromatic heterocycles. The molecule has 4 nitrogen and oxygen atoms in total. The molecular formula is C16H17F5N2O2S. The van der Waals surface area contributed by atoms with E-state index in [-0.39, 0.29) is 6.42 Å². The first-order chi connectivity index (χ1) is 12.1. The van der Waals surface area contributed by atoms with Crippen molar-refractivity contribution < 1.29 is 31.6 Å². The van der Waals surface area contributed by atoms with Gasteiger partial charge in [-0.1, -0.05) is 11.2 Å². The minimum absolute atomic E-state index is 0.107. The molecule has 0 aromatic carbocycles. The van der Waals surface area contributed by atoms with Gasteiger partial charge in [0, 0.05) is 18.0 Å². The standard InChI is InChI=1S/C16H17F5N2O2S/c1-3-23(4-2)12-9-8-10(26-12)6-5-7-11-13(22-25-14(11)24)15(17,18)16(19,20)21/h7-9H,3-6H2,1-2H3/b11-7-. The zero-order valence-corrected chi connectivity index (χ0v) is 14.9. The van der Waals surface area contributed by atoms with Gasteiger partial charge in [-0.2, -0.15) is 22.0 Å². The Kier molecular flexibility index (Phi) is 6.05. The SMILES string of the molecule is CCN(CC)c1ccc(CC/C=C2\C(=O)ON=C2C(F)(F)C(F)(F)F)s1. The molecule has 144 valence electrons. The van der Waals surface area contributed by atoms with Gasteiger partial charge in [0.25, 0.3) is 0 Å². The molecule has 0 unspecified atom stereocenters. The number of oxime groups is 1. The van der Waals surface area contributed by atoms with E-state index in [0.717, 1.165) is 29.0 Å². The fourth-order valence-corrected chi connectivity index (χ4v) is 3.54. The third-order valence-electron chi connectivity index (χ3n) is 3.81. The van der Waals surface area contributed by atoms with Crippen LogP contribution < -0.4 is 4.90 Å². The van der Waals surface area contributed by atoms with Crippen LogP contribution in [0.25, 0.3) is 0 Å². The van der Waals surface area contributed by atoms with Crippen LogP contribution >= 0.6 is 11.3 Å². The minimum Gasteiger partial charge on any atom is -0.364 e. The van der Waals surface area contributed by atoms with Crippen LogP contribution in [-0.2, 0) is 16.1 Å². The molecule has 1 aromatic rings. The van der Waals surface area contributed by atoms with Gasteiger partial charge >= 0.3 is 18.1 Å². The number of aryl methyl sites for hydroxylation is 1. The molecule has 0 N–H and O–H groups in total. The van der Waals surface area contributed by atoms with Crippen molar-refractivity contribution in [3.63, 3.8) is 0 Å². The van der Waals surface area contributed by atoms with Gasteiger partial charge in [0.1, 0.15) is 0 Å². The summed E-state index contributed by atoms with van der Waals surface area (Å²) in [5.74, 6) is -6.55. The molecule has 10 heteroatoms. The van der Waals surface area contributed by atoms with E-state index in [1.54, 1.807) is 0 Å². The summed E-state index contributed by atoms with van der Waals surface area (Å²) < 4.78 is 64.4. The molecule has 0 fully saturated rings. The Balaban J connectivity index is 2.10. The lowest BCUT2D eigenvalue weighted by atomic mass is 10.0. The second kappa shape index (κ2) is 7.73. The Morgan fingerprint density at radius 3 is 2.42 bits per heavy atom. The second-order valence-electron chi connectivity index (χ2n) is 5.46. The molecule has 26 heavy (non-hydrogen) atoms. The third-order valence-corrected chi connectivity index (χ3v) is 5.02. The molecule has 0 radical (unpaired) electrons. The molecule has 0 spiro atoms. The first kappa shape index (κ1) is 20.3. The van der Waals surface area contributed by atoms with E-state index in [9.17, 15) is 26.7 Å². The van der Waals surface area contributed by atoms with Gasteiger partial charge in [0.2, 0.25) is 0 Å². The number of anilines is 1. The van der Waals surface area contributed by atoms with Crippen LogP contribution in [0.5, 0.6) is 0 Å². The van der Waals surface area contributed by atoms with E-state index in [1.807, 2.05) is 26.0 Å². The van der Waals surface area contributed by atoms with Crippen molar-refractivity contribution in [3.05, 3.63) is 28.7 Å². The summed E-state index contributed by atoms with van der Waals surface area (Å²) in [5.41, 5.74) is -2.53. The fourth-order valence-electron chi connectivity index (χ4n) is 2.39. The van der Waals surface area contributed by atoms with Gasteiger partial charge < -0.3 is 9.74 Å². The predicted octanol–water partition coefficient (Wildman–Crippen LogP) is 4.56. The van der Waals surface area contributed by atoms with Crippen LogP contribution in [0.2, 0.25) is 0 Å². The summed E-state index contributed by atoms with van der Waals surface area (Å²) in [5, 5.41) is 3.68. The number of thiophene rings is 1. The number of rotatable bonds is 7. The quantitative estimate of drug-likeness (QED) is 0.385. The van der Waals surface area contributed by atoms with Crippen molar-refractivity contribution in [3.8, 4) is 0 Å². The highest BCUT2D eigenvalue weighted by atomic mass is 32.1. The molecular weight excluding hydrogens is 379 g/mol. The Hall–Kier alpha value is -1.97. The highest BCUT2D eigenvalue weighted by molar-refractivity contribution is 7.16. The van der Waals surface area contributed by atoms with Crippen molar-refractivity contribution in [2.24, 2.45) is 5.16 Å². The van der Waals surface area contributed by atoms with Crippen LogP contribution in [0.15, 0.2) is 28.9 Å². The predicted molar refractivity (Wildman–Crippen MR) is 88.8 cm³/mol. The number of carbonyl (C=O) groups is 1. The highest BCUT2D eigenvalue weighted by Crippen LogP contribution is 2.40. The van der Waals surface area contributed by atoms with Crippen LogP contribution in [-0.4, -0.2) is 36.9 Å². The summed E-state index contributed by atoms with van der Waals surface area (Å²) in [4.78, 5) is 18.5. The molecule has 1 aliphatic heterocycles. The minimum atomic E-state index is -5.86. The number of allylic oxidation sites excluding steroid dienone is 1. The number of carbonyl (C=O) groups excluding carboxylic acids is 1. The molecule has 0 amide bonds. The highest BCUT2D eigenvalue weighted by Gasteiger charge is 2.64. The van der Waals surface area contributed by atoms with E-state index in [2.05, 4.69) is 14.9 Å². The van der Waals surface area contributed by atoms with Gasteiger partial charge in [-0.3, -0.25) is 0 Å². The fraction of sp³-hybridized carbons (Fsp3) is 0.500. The van der Waals surface area contributed by atoms with Crippen LogP contribution in [0.3, 0.4) is 0 Å². The molecule has 0 saturated carbocycles. The number of hydrogen-bond acceptors (Lipinski definition) is 5. The number of nitrogens with zero attached hydrogens (tertiary/aromatic N) is 2. The van der Waals surface area contributed by atoms with E-state index < -0.39 is 29.4 Å². The second-order valence-corrected chi connectivity index (χ2v) is 6.61. The zero-order chi connectivity index (χ0) is 19.5. The summed E-state index contributed by atoms with van der Waals surface area (Å²) in [7, 11) is 0. The van der Waals surface area contributed by atoms with Gasteiger partial charge in [0.15, 0.2) is 5.71 Å². The molecule has 0 atom stereocenters. The van der Waals surface area contributed by atoms with Crippen molar-refractivity contribution in [2.75, 3.05) is 18.0 Å². The molecule has 0 saturated heterocycles. The smallest absolute Gasteiger partial charge is 0.364 e. The van der Waals surface area contributed by atoms with E-state index in [4.69, 9.17) is 0 Å². The van der Waals surface area contributed by atoms with Crippen molar-refractivity contribution >= 4 is 28.0 Å². The summed E-state index contributed by atoms with van der Waals surface area (Å²) in [6, 6.07) is 3.79. The molecule has 0 aliphatic carbocycles. The number of halogens is 5. The van der Waals surface area contributed by atoms with E-state index in [0.29, 0.717) is 6.42 Å². The van der Waals surface area contributed by atoms with Gasteiger partial charge in [0.05, 0.1) is 10.6 Å². The van der Waals surface area contributed by atoms with Gasteiger partial charge in [-0.05, 0) is 38.8 Å². The van der Waals surface area contributed by atoms with Crippen LogP contribution in [0.4, 0.5) is 27.0 Å². The maximum absolute atomic E-state index is 13.4. The molecule has 1 aliphatic rings. The first-order valence-electron chi connectivity index (χ1n) is 7.90. The zero-order valence-electron chi connectivity index (χ0n) is 14.1. The third kappa shape index (κ3) is 4.05. The lowest BCUT2D eigenvalue weighted by Gasteiger charge is -2.18. The Morgan fingerprint density at radius 2 is 1.85 bits per heavy atom. The normalized spacial score (nSPS) is 16.8. The first-order valence-corrected chi connectivity index (χ1v) is 8.72. The Morgan fingerprint density at radius 1 is 1.19 bits per heavy atom.